The van der Waals surface area contributed by atoms with Crippen molar-refractivity contribution in [1.82, 2.24) is 5.32 Å². The van der Waals surface area contributed by atoms with Crippen LogP contribution in [0.4, 0.5) is 0 Å². The van der Waals surface area contributed by atoms with Crippen LogP contribution >= 0.6 is 0 Å². The highest BCUT2D eigenvalue weighted by Crippen LogP contribution is 1.97. The Hall–Kier alpha value is -0.630. The number of hydrogen-bond donors (Lipinski definition) is 3. The molecule has 4 nitrogen and oxygen atoms in total. The first kappa shape index (κ1) is 9.37. The summed E-state index contributed by atoms with van der Waals surface area (Å²) in [6.45, 7) is 1.62. The van der Waals surface area contributed by atoms with Gasteiger partial charge in [-0.25, -0.2) is 0 Å². The van der Waals surface area contributed by atoms with E-state index in [0.29, 0.717) is 0 Å². The second-order valence-corrected chi connectivity index (χ2v) is 2.42. The Morgan fingerprint density at radius 1 is 1.70 bits per heavy atom. The molecule has 0 saturated heterocycles. The van der Waals surface area contributed by atoms with Crippen LogP contribution in [0.15, 0.2) is 0 Å². The van der Waals surface area contributed by atoms with Gasteiger partial charge in [0, 0.05) is 6.54 Å². The van der Waals surface area contributed by atoms with Crippen molar-refractivity contribution >= 4 is 0 Å². The maximum atomic E-state index is 9.13. The molecule has 0 aromatic rings. The summed E-state index contributed by atoms with van der Waals surface area (Å²) < 4.78 is 0. The van der Waals surface area contributed by atoms with Crippen LogP contribution < -0.4 is 5.32 Å². The van der Waals surface area contributed by atoms with Gasteiger partial charge in [-0.1, -0.05) is 0 Å². The topological polar surface area (TPSA) is 76.3 Å². The molecule has 0 saturated carbocycles. The van der Waals surface area contributed by atoms with E-state index in [-0.39, 0.29) is 19.7 Å². The third-order valence-electron chi connectivity index (χ3n) is 1.05. The van der Waals surface area contributed by atoms with Crippen LogP contribution in [0.25, 0.3) is 0 Å². The number of aliphatic hydroxyl groups is 2. The van der Waals surface area contributed by atoms with Crippen LogP contribution in [-0.4, -0.2) is 35.5 Å². The molecule has 0 aliphatic carbocycles. The van der Waals surface area contributed by atoms with Gasteiger partial charge in [0.15, 0.2) is 0 Å². The molecular weight excluding hydrogens is 132 g/mol. The lowest BCUT2D eigenvalue weighted by atomic mass is 10.1. The Bertz CT molecular complexity index is 128. The monoisotopic (exact) mass is 144 g/mol. The molecule has 1 unspecified atom stereocenters. The van der Waals surface area contributed by atoms with Crippen molar-refractivity contribution in [1.29, 1.82) is 5.26 Å². The average molecular weight is 144 g/mol. The molecule has 3 N–H and O–H groups in total. The SMILES string of the molecule is CC(O)(CO)CNCC#N. The van der Waals surface area contributed by atoms with Gasteiger partial charge in [0.05, 0.1) is 24.8 Å². The second kappa shape index (κ2) is 4.23. The van der Waals surface area contributed by atoms with Crippen molar-refractivity contribution in [3.8, 4) is 6.07 Å². The van der Waals surface area contributed by atoms with Crippen molar-refractivity contribution in [2.45, 2.75) is 12.5 Å². The molecule has 10 heavy (non-hydrogen) atoms. The summed E-state index contributed by atoms with van der Waals surface area (Å²) in [7, 11) is 0. The number of nitriles is 1. The molecule has 0 aliphatic rings. The zero-order valence-corrected chi connectivity index (χ0v) is 5.96. The molecule has 4 heteroatoms. The maximum absolute atomic E-state index is 9.13. The largest absolute Gasteiger partial charge is 0.393 e. The summed E-state index contributed by atoms with van der Waals surface area (Å²) in [5, 5.41) is 28.4. The van der Waals surface area contributed by atoms with Gasteiger partial charge in [0.1, 0.15) is 0 Å². The minimum absolute atomic E-state index is 0.191. The minimum atomic E-state index is -1.11. The molecule has 0 fully saturated rings. The van der Waals surface area contributed by atoms with Crippen LogP contribution in [-0.2, 0) is 0 Å². The quantitative estimate of drug-likeness (QED) is 0.344. The van der Waals surface area contributed by atoms with E-state index in [9.17, 15) is 0 Å². The maximum Gasteiger partial charge on any atom is 0.0973 e. The van der Waals surface area contributed by atoms with Gasteiger partial charge in [0.2, 0.25) is 0 Å². The van der Waals surface area contributed by atoms with Crippen LogP contribution in [0.5, 0.6) is 0 Å². The Morgan fingerprint density at radius 2 is 2.30 bits per heavy atom. The fourth-order valence-corrected chi connectivity index (χ4v) is 0.444. The molecule has 0 radical (unpaired) electrons. The van der Waals surface area contributed by atoms with E-state index in [2.05, 4.69) is 5.32 Å². The third kappa shape index (κ3) is 4.27. The fraction of sp³-hybridized carbons (Fsp3) is 0.833. The zero-order chi connectivity index (χ0) is 8.04. The van der Waals surface area contributed by atoms with E-state index in [4.69, 9.17) is 15.5 Å². The molecule has 0 aromatic carbocycles. The Morgan fingerprint density at radius 3 is 2.70 bits per heavy atom. The van der Waals surface area contributed by atoms with Gasteiger partial charge in [-0.3, -0.25) is 0 Å². The molecule has 0 aliphatic heterocycles. The zero-order valence-electron chi connectivity index (χ0n) is 5.96. The standard InChI is InChI=1S/C6H12N2O2/c1-6(10,5-9)4-8-3-2-7/h8-10H,3-5H2,1H3. The Kier molecular flexibility index (Phi) is 3.96. The first-order valence-corrected chi connectivity index (χ1v) is 3.03. The number of hydrogen-bond acceptors (Lipinski definition) is 4. The highest BCUT2D eigenvalue weighted by atomic mass is 16.3. The summed E-state index contributed by atoms with van der Waals surface area (Å²) in [5.41, 5.74) is -1.11. The Labute approximate surface area is 60.1 Å². The van der Waals surface area contributed by atoms with Crippen molar-refractivity contribution in [2.75, 3.05) is 19.7 Å². The van der Waals surface area contributed by atoms with Gasteiger partial charge in [-0.05, 0) is 6.92 Å². The molecule has 0 spiro atoms. The summed E-state index contributed by atoms with van der Waals surface area (Å²) in [6, 6.07) is 1.86. The average Bonchev–Trinajstić information content (AvgIpc) is 1.89. The van der Waals surface area contributed by atoms with Gasteiger partial charge in [-0.2, -0.15) is 5.26 Å². The normalized spacial score (nSPS) is 15.8. The van der Waals surface area contributed by atoms with E-state index in [1.54, 1.807) is 0 Å². The molecule has 1 atom stereocenters. The molecule has 0 rings (SSSR count). The number of aliphatic hydroxyl groups excluding tert-OH is 1. The molecule has 58 valence electrons. The van der Waals surface area contributed by atoms with Crippen LogP contribution in [0.3, 0.4) is 0 Å². The molecule has 0 bridgehead atoms. The second-order valence-electron chi connectivity index (χ2n) is 2.42. The third-order valence-corrected chi connectivity index (χ3v) is 1.05. The number of rotatable bonds is 4. The summed E-state index contributed by atoms with van der Waals surface area (Å²) in [6.07, 6.45) is 0. The van der Waals surface area contributed by atoms with Gasteiger partial charge in [0.25, 0.3) is 0 Å². The van der Waals surface area contributed by atoms with Crippen LogP contribution in [0.1, 0.15) is 6.92 Å². The molecular formula is C6H12N2O2. The lowest BCUT2D eigenvalue weighted by molar-refractivity contribution is 0.00357. The highest BCUT2D eigenvalue weighted by Gasteiger charge is 2.17. The van der Waals surface area contributed by atoms with Crippen molar-refractivity contribution in [2.24, 2.45) is 0 Å². The van der Waals surface area contributed by atoms with Gasteiger partial charge >= 0.3 is 0 Å². The number of nitrogens with zero attached hydrogens (tertiary/aromatic N) is 1. The van der Waals surface area contributed by atoms with E-state index in [0.717, 1.165) is 0 Å². The van der Waals surface area contributed by atoms with Crippen LogP contribution in [0, 0.1) is 11.3 Å². The molecule has 0 aromatic heterocycles. The lowest BCUT2D eigenvalue weighted by Gasteiger charge is -2.19. The smallest absolute Gasteiger partial charge is 0.0973 e. The predicted molar refractivity (Wildman–Crippen MR) is 36.2 cm³/mol. The summed E-state index contributed by atoms with van der Waals surface area (Å²) in [4.78, 5) is 0. The van der Waals surface area contributed by atoms with Gasteiger partial charge in [-0.15, -0.1) is 0 Å². The van der Waals surface area contributed by atoms with Crippen molar-refractivity contribution < 1.29 is 10.2 Å². The molecule has 0 amide bonds. The minimum Gasteiger partial charge on any atom is -0.393 e. The van der Waals surface area contributed by atoms with Crippen LogP contribution in [0.2, 0.25) is 0 Å². The number of nitrogens with one attached hydrogen (secondary N) is 1. The van der Waals surface area contributed by atoms with Crippen molar-refractivity contribution in [3.63, 3.8) is 0 Å². The Balaban J connectivity index is 3.39. The first-order chi connectivity index (χ1) is 4.62. The van der Waals surface area contributed by atoms with Gasteiger partial charge < -0.3 is 15.5 Å². The fourth-order valence-electron chi connectivity index (χ4n) is 0.444. The van der Waals surface area contributed by atoms with E-state index in [1.807, 2.05) is 6.07 Å². The first-order valence-electron chi connectivity index (χ1n) is 3.03. The lowest BCUT2D eigenvalue weighted by Crippen LogP contribution is -2.41. The molecule has 0 heterocycles. The van der Waals surface area contributed by atoms with E-state index in [1.165, 1.54) is 6.92 Å². The predicted octanol–water partition coefficient (Wildman–Crippen LogP) is -1.16. The summed E-state index contributed by atoms with van der Waals surface area (Å²) in [5.74, 6) is 0. The van der Waals surface area contributed by atoms with E-state index < -0.39 is 5.60 Å². The van der Waals surface area contributed by atoms with E-state index >= 15 is 0 Å². The van der Waals surface area contributed by atoms with Crippen molar-refractivity contribution in [3.05, 3.63) is 0 Å². The highest BCUT2D eigenvalue weighted by molar-refractivity contribution is 4.79. The summed E-state index contributed by atoms with van der Waals surface area (Å²) >= 11 is 0.